The van der Waals surface area contributed by atoms with Crippen LogP contribution in [-0.4, -0.2) is 137 Å². The van der Waals surface area contributed by atoms with Crippen molar-refractivity contribution in [3.8, 4) is 17.2 Å². The van der Waals surface area contributed by atoms with Gasteiger partial charge in [-0.15, -0.1) is 11.6 Å². The van der Waals surface area contributed by atoms with Crippen molar-refractivity contribution in [2.75, 3.05) is 89.4 Å². The molecule has 3 fully saturated rings. The SMILES string of the molecule is C=CCOC(=O)N1c2cc(OCCCC(=O)N3CCc4c3cc(OC(=O)N3CCN(C)CC3)c3ccccc43)c(OC)cc2C(=O)N2CCCCC2C1OC1CCCCO1.CC.CCl. The molecule has 3 atom stereocenters. The summed E-state index contributed by atoms with van der Waals surface area (Å²) in [7, 11) is 3.53. The molecular formula is C48H64ClN5O10. The Balaban J connectivity index is 0.00000165. The van der Waals surface area contributed by atoms with Crippen LogP contribution in [0.3, 0.4) is 0 Å². The first-order chi connectivity index (χ1) is 31.2. The van der Waals surface area contributed by atoms with Crippen LogP contribution >= 0.6 is 11.6 Å². The number of halogens is 1. The first kappa shape index (κ1) is 48.4. The zero-order chi connectivity index (χ0) is 45.8. The van der Waals surface area contributed by atoms with E-state index in [4.69, 9.17) is 28.4 Å². The summed E-state index contributed by atoms with van der Waals surface area (Å²) in [6.45, 7) is 12.1. The van der Waals surface area contributed by atoms with Crippen LogP contribution in [0.4, 0.5) is 21.0 Å². The van der Waals surface area contributed by atoms with Gasteiger partial charge in [0.05, 0.1) is 36.7 Å². The van der Waals surface area contributed by atoms with E-state index in [9.17, 15) is 19.2 Å². The van der Waals surface area contributed by atoms with Crippen LogP contribution in [0.25, 0.3) is 10.8 Å². The molecule has 16 heteroatoms. The van der Waals surface area contributed by atoms with Gasteiger partial charge in [-0.2, -0.15) is 0 Å². The third-order valence-electron chi connectivity index (χ3n) is 12.1. The van der Waals surface area contributed by atoms with Crippen LogP contribution in [0, 0.1) is 0 Å². The van der Waals surface area contributed by atoms with E-state index in [2.05, 4.69) is 23.1 Å². The van der Waals surface area contributed by atoms with Gasteiger partial charge in [0.1, 0.15) is 12.4 Å². The fraction of sp³-hybridized carbons (Fsp3) is 0.542. The second kappa shape index (κ2) is 23.2. The number of fused-ring (bicyclic) bond motifs is 5. The minimum Gasteiger partial charge on any atom is -0.493 e. The van der Waals surface area contributed by atoms with Gasteiger partial charge in [0, 0.05) is 76.2 Å². The van der Waals surface area contributed by atoms with Gasteiger partial charge < -0.3 is 48.0 Å². The first-order valence-corrected chi connectivity index (χ1v) is 23.4. The summed E-state index contributed by atoms with van der Waals surface area (Å²) in [6, 6.07) is 12.5. The van der Waals surface area contributed by atoms with Crippen LogP contribution < -0.4 is 24.0 Å². The Kier molecular flexibility index (Phi) is 17.5. The number of alkyl halides is 1. The molecule has 3 aromatic rings. The molecular weight excluding hydrogens is 842 g/mol. The van der Waals surface area contributed by atoms with Gasteiger partial charge in [-0.3, -0.25) is 9.59 Å². The third kappa shape index (κ3) is 10.7. The van der Waals surface area contributed by atoms with Crippen molar-refractivity contribution >= 4 is 57.7 Å². The molecule has 8 rings (SSSR count). The van der Waals surface area contributed by atoms with Crippen molar-refractivity contribution in [2.45, 2.75) is 90.2 Å². The number of likely N-dealkylation sites (N-methyl/N-ethyl adjacent to an activating group) is 1. The highest BCUT2D eigenvalue weighted by atomic mass is 35.5. The van der Waals surface area contributed by atoms with Crippen molar-refractivity contribution in [1.82, 2.24) is 14.7 Å². The van der Waals surface area contributed by atoms with Crippen LogP contribution in [0.1, 0.15) is 81.1 Å². The van der Waals surface area contributed by atoms with Gasteiger partial charge in [0.15, 0.2) is 24.0 Å². The fourth-order valence-corrected chi connectivity index (χ4v) is 8.96. The summed E-state index contributed by atoms with van der Waals surface area (Å²) in [5.41, 5.74) is 2.33. The predicted molar refractivity (Wildman–Crippen MR) is 247 cm³/mol. The Bertz CT molecular complexity index is 2110. The van der Waals surface area contributed by atoms with E-state index in [1.807, 2.05) is 51.2 Å². The highest BCUT2D eigenvalue weighted by molar-refractivity contribution is 6.15. The van der Waals surface area contributed by atoms with Crippen molar-refractivity contribution in [1.29, 1.82) is 0 Å². The largest absolute Gasteiger partial charge is 0.493 e. The number of amides is 4. The van der Waals surface area contributed by atoms with Gasteiger partial charge >= 0.3 is 12.2 Å². The molecule has 64 heavy (non-hydrogen) atoms. The van der Waals surface area contributed by atoms with Gasteiger partial charge in [-0.1, -0.05) is 50.8 Å². The highest BCUT2D eigenvalue weighted by Crippen LogP contribution is 2.43. The molecule has 0 saturated carbocycles. The molecule has 0 radical (unpaired) electrons. The molecule has 0 N–H and O–H groups in total. The number of carbonyl (C=O) groups is 4. The van der Waals surface area contributed by atoms with Crippen LogP contribution in [-0.2, 0) is 25.4 Å². The number of hydrogen-bond acceptors (Lipinski definition) is 11. The smallest absolute Gasteiger partial charge is 0.416 e. The van der Waals surface area contributed by atoms with E-state index in [-0.39, 0.29) is 42.7 Å². The summed E-state index contributed by atoms with van der Waals surface area (Å²) in [5.74, 6) is 0.729. The Morgan fingerprint density at radius 3 is 2.33 bits per heavy atom. The van der Waals surface area contributed by atoms with E-state index in [0.29, 0.717) is 75.7 Å². The number of nitrogens with zero attached hydrogens (tertiary/aromatic N) is 5. The Hall–Kier alpha value is -5.09. The average molecular weight is 907 g/mol. The summed E-state index contributed by atoms with van der Waals surface area (Å²) in [6.07, 6.45) is 6.53. The van der Waals surface area contributed by atoms with E-state index < -0.39 is 30.7 Å². The van der Waals surface area contributed by atoms with Crippen molar-refractivity contribution in [2.24, 2.45) is 0 Å². The maximum Gasteiger partial charge on any atom is 0.416 e. The Labute approximate surface area is 382 Å². The average Bonchev–Trinajstić information content (AvgIpc) is 3.74. The molecule has 348 valence electrons. The van der Waals surface area contributed by atoms with E-state index in [0.717, 1.165) is 60.8 Å². The van der Waals surface area contributed by atoms with E-state index >= 15 is 0 Å². The second-order valence-electron chi connectivity index (χ2n) is 16.0. The number of hydrogen-bond donors (Lipinski definition) is 0. The summed E-state index contributed by atoms with van der Waals surface area (Å²) < 4.78 is 36.3. The topological polar surface area (TPSA) is 140 Å². The summed E-state index contributed by atoms with van der Waals surface area (Å²) >= 11 is 4.64. The normalized spacial score (nSPS) is 20.6. The number of benzene rings is 3. The van der Waals surface area contributed by atoms with E-state index in [1.165, 1.54) is 24.5 Å². The lowest BCUT2D eigenvalue weighted by molar-refractivity contribution is -0.198. The van der Waals surface area contributed by atoms with Crippen molar-refractivity contribution in [3.63, 3.8) is 0 Å². The number of carbonyl (C=O) groups excluding carboxylic acids is 4. The number of anilines is 2. The molecule has 5 heterocycles. The molecule has 3 aromatic carbocycles. The van der Waals surface area contributed by atoms with Gasteiger partial charge in [0.25, 0.3) is 5.91 Å². The van der Waals surface area contributed by atoms with Crippen LogP contribution in [0.5, 0.6) is 17.2 Å². The second-order valence-corrected chi connectivity index (χ2v) is 16.0. The van der Waals surface area contributed by atoms with Crippen LogP contribution in [0.15, 0.2) is 55.1 Å². The zero-order valence-electron chi connectivity index (χ0n) is 38.0. The molecule has 5 aliphatic rings. The highest BCUT2D eigenvalue weighted by Gasteiger charge is 2.47. The van der Waals surface area contributed by atoms with Gasteiger partial charge in [0.2, 0.25) is 5.91 Å². The van der Waals surface area contributed by atoms with Gasteiger partial charge in [-0.25, -0.2) is 14.5 Å². The van der Waals surface area contributed by atoms with Crippen LogP contribution in [0.2, 0.25) is 0 Å². The number of piperidine rings is 1. The predicted octanol–water partition coefficient (Wildman–Crippen LogP) is 8.23. The molecule has 0 spiro atoms. The molecule has 15 nitrogen and oxygen atoms in total. The number of methoxy groups -OCH3 is 1. The summed E-state index contributed by atoms with van der Waals surface area (Å²) in [5, 5.41) is 1.79. The van der Waals surface area contributed by atoms with Gasteiger partial charge in [-0.05, 0) is 75.4 Å². The monoisotopic (exact) mass is 905 g/mol. The lowest BCUT2D eigenvalue weighted by Crippen LogP contribution is -2.57. The van der Waals surface area contributed by atoms with Crippen molar-refractivity contribution < 1.29 is 47.6 Å². The zero-order valence-corrected chi connectivity index (χ0v) is 38.7. The van der Waals surface area contributed by atoms with Crippen molar-refractivity contribution in [3.05, 3.63) is 66.2 Å². The third-order valence-corrected chi connectivity index (χ3v) is 12.1. The molecule has 0 aliphatic carbocycles. The quantitative estimate of drug-likeness (QED) is 0.104. The Morgan fingerprint density at radius 1 is 0.875 bits per heavy atom. The molecule has 0 bridgehead atoms. The summed E-state index contributed by atoms with van der Waals surface area (Å²) in [4.78, 5) is 64.3. The standard InChI is InChI=1S/C45H55N5O10.C2H6.CH3Cl/c1-4-24-58-45(54)50-36-29-39(38(55-3)27-33(36)42(52)49-18-9-7-14-34(49)43(50)60-41-16-8-10-25-57-41)56-26-11-15-40(51)48-19-17-31-30-12-5-6-13-32(30)37(28-35(31)48)59-44(53)47-22-20-46(2)21-23-47;2*1-2/h4-6,12-13,27-29,34,41,43H,1,7-11,14-26H2,2-3H3;1-2H3;1H3. The maximum atomic E-state index is 14.3. The minimum absolute atomic E-state index is 0.0338. The fourth-order valence-electron chi connectivity index (χ4n) is 8.96. The number of ether oxygens (including phenoxy) is 6. The molecule has 3 unspecified atom stereocenters. The molecule has 3 saturated heterocycles. The Morgan fingerprint density at radius 2 is 1.61 bits per heavy atom. The maximum absolute atomic E-state index is 14.3. The lowest BCUT2D eigenvalue weighted by Gasteiger charge is -2.42. The number of rotatable bonds is 11. The number of piperazine rings is 1. The molecule has 4 amide bonds. The lowest BCUT2D eigenvalue weighted by atomic mass is 10.00. The first-order valence-electron chi connectivity index (χ1n) is 22.6. The molecule has 0 aromatic heterocycles. The van der Waals surface area contributed by atoms with E-state index in [1.54, 1.807) is 26.8 Å². The molecule has 5 aliphatic heterocycles. The minimum atomic E-state index is -0.883.